The van der Waals surface area contributed by atoms with Gasteiger partial charge in [0.05, 0.1) is 11.0 Å². The molecule has 0 saturated carbocycles. The monoisotopic (exact) mass is 345 g/mol. The first kappa shape index (κ1) is 23.6. The number of nitro groups is 1. The molecular weight excluding hydrogens is 318 g/mol. The lowest BCUT2D eigenvalue weighted by Crippen LogP contribution is -2.38. The molecule has 0 aliphatic rings. The van der Waals surface area contributed by atoms with Gasteiger partial charge in [-0.2, -0.15) is 0 Å². The minimum atomic E-state index is -0.462. The number of nitro benzene ring substituents is 1. The summed E-state index contributed by atoms with van der Waals surface area (Å²) in [6.07, 6.45) is 0. The van der Waals surface area contributed by atoms with Gasteiger partial charge in [0.2, 0.25) is 5.91 Å². The summed E-state index contributed by atoms with van der Waals surface area (Å²) in [7, 11) is 0. The van der Waals surface area contributed by atoms with Crippen LogP contribution in [0.25, 0.3) is 0 Å². The van der Waals surface area contributed by atoms with Crippen LogP contribution in [0.1, 0.15) is 46.2 Å². The van der Waals surface area contributed by atoms with E-state index in [9.17, 15) is 14.9 Å². The van der Waals surface area contributed by atoms with E-state index in [4.69, 9.17) is 17.3 Å². The number of hydrogen-bond acceptors (Lipinski definition) is 4. The minimum Gasteiger partial charge on any atom is -0.334 e. The molecule has 1 amide bonds. The molecule has 1 atom stereocenters. The van der Waals surface area contributed by atoms with Crippen molar-refractivity contribution in [2.24, 2.45) is 5.73 Å². The Morgan fingerprint density at radius 3 is 2.09 bits per heavy atom. The van der Waals surface area contributed by atoms with E-state index in [0.717, 1.165) is 5.56 Å². The Kier molecular flexibility index (Phi) is 14.3. The second kappa shape index (κ2) is 14.0. The SMILES string of the molecule is CC.CC.CC(c1ccc([N+](=O)[O-])cc1)N(CCN)C(=O)CCl. The second-order valence-electron chi connectivity index (χ2n) is 4.03. The first-order chi connectivity index (χ1) is 11.0. The summed E-state index contributed by atoms with van der Waals surface area (Å²) < 4.78 is 0. The Hall–Kier alpha value is -1.66. The van der Waals surface area contributed by atoms with Crippen molar-refractivity contribution < 1.29 is 9.72 Å². The Balaban J connectivity index is 0. The predicted molar refractivity (Wildman–Crippen MR) is 95.7 cm³/mol. The van der Waals surface area contributed by atoms with Crippen LogP contribution >= 0.6 is 11.6 Å². The summed E-state index contributed by atoms with van der Waals surface area (Å²) >= 11 is 5.56. The van der Waals surface area contributed by atoms with Gasteiger partial charge in [0.25, 0.3) is 5.69 Å². The number of hydrogen-bond donors (Lipinski definition) is 1. The molecule has 0 aliphatic heterocycles. The highest BCUT2D eigenvalue weighted by molar-refractivity contribution is 6.27. The number of non-ortho nitro benzene ring substituents is 1. The number of alkyl halides is 1. The van der Waals surface area contributed by atoms with Crippen LogP contribution in [0.3, 0.4) is 0 Å². The van der Waals surface area contributed by atoms with Crippen molar-refractivity contribution in [3.8, 4) is 0 Å². The quantitative estimate of drug-likeness (QED) is 0.483. The minimum absolute atomic E-state index is 0.0185. The smallest absolute Gasteiger partial charge is 0.269 e. The Morgan fingerprint density at radius 1 is 1.26 bits per heavy atom. The summed E-state index contributed by atoms with van der Waals surface area (Å²) in [4.78, 5) is 23.4. The number of carbonyl (C=O) groups is 1. The average molecular weight is 346 g/mol. The third kappa shape index (κ3) is 7.95. The first-order valence-corrected chi connectivity index (χ1v) is 8.34. The summed E-state index contributed by atoms with van der Waals surface area (Å²) in [5.41, 5.74) is 6.30. The lowest BCUT2D eigenvalue weighted by molar-refractivity contribution is -0.384. The van der Waals surface area contributed by atoms with Gasteiger partial charge >= 0.3 is 0 Å². The molecule has 132 valence electrons. The molecule has 1 aromatic carbocycles. The van der Waals surface area contributed by atoms with Gasteiger partial charge in [0.1, 0.15) is 5.88 Å². The van der Waals surface area contributed by atoms with E-state index >= 15 is 0 Å². The molecule has 0 fully saturated rings. The lowest BCUT2D eigenvalue weighted by atomic mass is 10.1. The van der Waals surface area contributed by atoms with Gasteiger partial charge < -0.3 is 10.6 Å². The summed E-state index contributed by atoms with van der Waals surface area (Å²) in [6, 6.07) is 5.87. The normalized spacial score (nSPS) is 10.4. The van der Waals surface area contributed by atoms with Crippen molar-refractivity contribution in [2.75, 3.05) is 19.0 Å². The van der Waals surface area contributed by atoms with E-state index in [-0.39, 0.29) is 23.5 Å². The summed E-state index contributed by atoms with van der Waals surface area (Å²) in [5, 5.41) is 10.6. The molecule has 1 unspecified atom stereocenters. The highest BCUT2D eigenvalue weighted by Gasteiger charge is 2.20. The van der Waals surface area contributed by atoms with E-state index in [1.165, 1.54) is 12.1 Å². The third-order valence-corrected chi connectivity index (χ3v) is 3.09. The topological polar surface area (TPSA) is 89.5 Å². The molecule has 0 aromatic heterocycles. The molecule has 0 radical (unpaired) electrons. The molecular formula is C16H28ClN3O3. The largest absolute Gasteiger partial charge is 0.334 e. The highest BCUT2D eigenvalue weighted by atomic mass is 35.5. The molecule has 0 heterocycles. The van der Waals surface area contributed by atoms with Crippen LogP contribution in [0.5, 0.6) is 0 Å². The standard InChI is InChI=1S/C12H16ClN3O3.2C2H6/c1-9(15(7-6-14)12(17)8-13)10-2-4-11(5-3-10)16(18)19;2*1-2/h2-5,9H,6-8,14H2,1H3;2*1-2H3. The van der Waals surface area contributed by atoms with Crippen LogP contribution in [-0.4, -0.2) is 34.7 Å². The van der Waals surface area contributed by atoms with Crippen LogP contribution in [0.15, 0.2) is 24.3 Å². The molecule has 0 spiro atoms. The summed E-state index contributed by atoms with van der Waals surface area (Å²) in [6.45, 7) is 10.6. The maximum atomic E-state index is 11.7. The zero-order valence-corrected chi connectivity index (χ0v) is 15.3. The van der Waals surface area contributed by atoms with Crippen LogP contribution < -0.4 is 5.73 Å². The van der Waals surface area contributed by atoms with Crippen LogP contribution in [0.2, 0.25) is 0 Å². The maximum absolute atomic E-state index is 11.7. The zero-order chi connectivity index (χ0) is 18.4. The first-order valence-electron chi connectivity index (χ1n) is 7.81. The molecule has 1 rings (SSSR count). The van der Waals surface area contributed by atoms with Gasteiger partial charge in [0.15, 0.2) is 0 Å². The Labute approximate surface area is 143 Å². The van der Waals surface area contributed by atoms with Crippen LogP contribution in [0, 0.1) is 10.1 Å². The van der Waals surface area contributed by atoms with Gasteiger partial charge in [-0.05, 0) is 12.5 Å². The number of carbonyl (C=O) groups excluding carboxylic acids is 1. The van der Waals surface area contributed by atoms with Crippen LogP contribution in [-0.2, 0) is 4.79 Å². The molecule has 0 aliphatic carbocycles. The van der Waals surface area contributed by atoms with E-state index in [2.05, 4.69) is 0 Å². The number of nitrogens with two attached hydrogens (primary N) is 1. The third-order valence-electron chi connectivity index (χ3n) is 2.86. The fourth-order valence-electron chi connectivity index (χ4n) is 1.80. The molecule has 23 heavy (non-hydrogen) atoms. The number of amides is 1. The van der Waals surface area contributed by atoms with Crippen LogP contribution in [0.4, 0.5) is 5.69 Å². The van der Waals surface area contributed by atoms with Gasteiger partial charge in [0, 0.05) is 25.2 Å². The van der Waals surface area contributed by atoms with E-state index in [1.807, 2.05) is 34.6 Å². The van der Waals surface area contributed by atoms with E-state index in [0.29, 0.717) is 13.1 Å². The Morgan fingerprint density at radius 2 is 1.74 bits per heavy atom. The number of halogens is 1. The second-order valence-corrected chi connectivity index (χ2v) is 4.30. The fourth-order valence-corrected chi connectivity index (χ4v) is 1.96. The number of rotatable bonds is 6. The highest BCUT2D eigenvalue weighted by Crippen LogP contribution is 2.22. The van der Waals surface area contributed by atoms with Gasteiger partial charge in [-0.15, -0.1) is 11.6 Å². The van der Waals surface area contributed by atoms with Gasteiger partial charge in [-0.3, -0.25) is 14.9 Å². The maximum Gasteiger partial charge on any atom is 0.269 e. The predicted octanol–water partition coefficient (Wildman–Crippen LogP) is 3.73. The van der Waals surface area contributed by atoms with Crippen molar-refractivity contribution in [3.05, 3.63) is 39.9 Å². The zero-order valence-electron chi connectivity index (χ0n) is 14.6. The number of benzene rings is 1. The van der Waals surface area contributed by atoms with E-state index < -0.39 is 4.92 Å². The number of nitrogens with zero attached hydrogens (tertiary/aromatic N) is 2. The van der Waals surface area contributed by atoms with Crippen molar-refractivity contribution in [1.82, 2.24) is 4.90 Å². The van der Waals surface area contributed by atoms with E-state index in [1.54, 1.807) is 17.0 Å². The average Bonchev–Trinajstić information content (AvgIpc) is 2.62. The molecule has 1 aromatic rings. The molecule has 7 heteroatoms. The van der Waals surface area contributed by atoms with Crippen molar-refractivity contribution in [3.63, 3.8) is 0 Å². The molecule has 2 N–H and O–H groups in total. The van der Waals surface area contributed by atoms with Gasteiger partial charge in [-0.25, -0.2) is 0 Å². The van der Waals surface area contributed by atoms with Gasteiger partial charge in [-0.1, -0.05) is 39.8 Å². The summed E-state index contributed by atoms with van der Waals surface area (Å²) in [5.74, 6) is -0.324. The van der Waals surface area contributed by atoms with Crippen molar-refractivity contribution >= 4 is 23.2 Å². The van der Waals surface area contributed by atoms with Crippen molar-refractivity contribution in [1.29, 1.82) is 0 Å². The lowest BCUT2D eigenvalue weighted by Gasteiger charge is -2.28. The van der Waals surface area contributed by atoms with Crippen molar-refractivity contribution in [2.45, 2.75) is 40.7 Å². The molecule has 6 nitrogen and oxygen atoms in total. The Bertz CT molecular complexity index is 452. The fraction of sp³-hybridized carbons (Fsp3) is 0.562. The molecule has 0 bridgehead atoms. The molecule has 0 saturated heterocycles.